The van der Waals surface area contributed by atoms with Gasteiger partial charge in [0.05, 0.1) is 35.2 Å². The van der Waals surface area contributed by atoms with Crippen molar-refractivity contribution in [3.63, 3.8) is 0 Å². The molecule has 2 aliphatic rings. The maximum Gasteiger partial charge on any atom is 0.387 e. The molecule has 2 aromatic carbocycles. The third-order valence-corrected chi connectivity index (χ3v) is 10.5. The predicted molar refractivity (Wildman–Crippen MR) is 206 cm³/mol. The van der Waals surface area contributed by atoms with Gasteiger partial charge in [0.25, 0.3) is 0 Å². The summed E-state index contributed by atoms with van der Waals surface area (Å²) < 4.78 is 77.3. The third kappa shape index (κ3) is 8.86. The number of nitrogens with zero attached hydrogens (tertiary/aromatic N) is 6. The number of imidazole rings is 2. The van der Waals surface area contributed by atoms with Crippen LogP contribution >= 0.6 is 55.1 Å². The minimum atomic E-state index is -2.99. The van der Waals surface area contributed by atoms with Gasteiger partial charge in [0, 0.05) is 45.4 Å². The average Bonchev–Trinajstić information content (AvgIpc) is 3.90. The van der Waals surface area contributed by atoms with E-state index >= 15 is 0 Å². The van der Waals surface area contributed by atoms with Crippen molar-refractivity contribution in [1.29, 1.82) is 0 Å². The number of hydrogen-bond donors (Lipinski definition) is 2. The highest BCUT2D eigenvalue weighted by Gasteiger charge is 2.41. The maximum atomic E-state index is 13.0. The first-order valence-corrected chi connectivity index (χ1v) is 19.4. The summed E-state index contributed by atoms with van der Waals surface area (Å²) in [7, 11) is 0. The normalized spacial score (nSPS) is 18.4. The number of amides is 2. The van der Waals surface area contributed by atoms with Crippen LogP contribution in [0, 0.1) is 0 Å². The molecule has 0 fully saturated rings. The van der Waals surface area contributed by atoms with E-state index in [9.17, 15) is 27.2 Å². The fraction of sp³-hybridized carbons (Fsp3) is 0.278. The monoisotopic (exact) mass is 972 g/mol. The zero-order chi connectivity index (χ0) is 41.4. The molecule has 0 spiro atoms. The molecule has 4 atom stereocenters. The van der Waals surface area contributed by atoms with Crippen molar-refractivity contribution in [1.82, 2.24) is 28.7 Å². The molecule has 22 heteroatoms. The minimum Gasteiger partial charge on any atom is -0.435 e. The molecule has 304 valence electrons. The Morgan fingerprint density at radius 1 is 0.724 bits per heavy atom. The van der Waals surface area contributed by atoms with Crippen LogP contribution in [0.3, 0.4) is 0 Å². The minimum absolute atomic E-state index is 0.0129. The van der Waals surface area contributed by atoms with Crippen molar-refractivity contribution in [2.45, 2.75) is 50.1 Å². The number of rotatable bonds is 12. The Kier molecular flexibility index (Phi) is 12.4. The quantitative estimate of drug-likeness (QED) is 0.116. The first-order valence-electron chi connectivity index (χ1n) is 17.0. The highest BCUT2D eigenvalue weighted by molar-refractivity contribution is 9.10. The van der Waals surface area contributed by atoms with Crippen LogP contribution in [0.5, 0.6) is 11.5 Å². The molecule has 0 aliphatic heterocycles. The van der Waals surface area contributed by atoms with E-state index in [1.165, 1.54) is 24.3 Å². The molecule has 58 heavy (non-hydrogen) atoms. The number of halogens is 8. The van der Waals surface area contributed by atoms with Crippen molar-refractivity contribution in [2.24, 2.45) is 11.5 Å². The molecule has 4 aromatic heterocycles. The third-order valence-electron chi connectivity index (χ3n) is 9.24. The molecule has 0 saturated heterocycles. The summed E-state index contributed by atoms with van der Waals surface area (Å²) in [5, 5.41) is 0.752. The van der Waals surface area contributed by atoms with Crippen molar-refractivity contribution >= 4 is 78.2 Å². The van der Waals surface area contributed by atoms with Gasteiger partial charge in [-0.3, -0.25) is 18.4 Å². The fourth-order valence-corrected chi connectivity index (χ4v) is 8.15. The fourth-order valence-electron chi connectivity index (χ4n) is 7.17. The van der Waals surface area contributed by atoms with Crippen LogP contribution in [0.25, 0.3) is 11.3 Å². The molecular weight excluding hydrogens is 947 g/mol. The number of primary amides is 2. The number of carbonyl (C=O) groups is 2. The molecule has 0 bridgehead atoms. The Labute approximate surface area is 352 Å². The molecular formula is C36H28Br2Cl2F4N8O6. The van der Waals surface area contributed by atoms with E-state index < -0.39 is 49.1 Å². The van der Waals surface area contributed by atoms with Gasteiger partial charge in [-0.15, -0.1) is 0 Å². The SMILES string of the molecule is NC(=O)CO[C@@H]1C[C@H](c2cc(Cl)ccc2OC(F)F)c2c1nc1cnc(Br)cn21.NC(=O)CO[C@H]1C[C@@H](c2cc(Cl)ccc2OC(F)F)c2c1nc1cnc(Br)cn21. The summed E-state index contributed by atoms with van der Waals surface area (Å²) >= 11 is 18.9. The molecule has 0 unspecified atom stereocenters. The van der Waals surface area contributed by atoms with Gasteiger partial charge in [-0.25, -0.2) is 19.9 Å². The summed E-state index contributed by atoms with van der Waals surface area (Å²) in [6.07, 6.45) is 6.19. The number of aromatic nitrogens is 6. The van der Waals surface area contributed by atoms with Crippen LogP contribution in [0.4, 0.5) is 17.6 Å². The van der Waals surface area contributed by atoms with E-state index in [-0.39, 0.29) is 24.7 Å². The molecule has 8 rings (SSSR count). The van der Waals surface area contributed by atoms with E-state index in [0.29, 0.717) is 65.9 Å². The lowest BCUT2D eigenvalue weighted by atomic mass is 9.95. The summed E-state index contributed by atoms with van der Waals surface area (Å²) in [5.41, 5.74) is 15.1. The van der Waals surface area contributed by atoms with Crippen molar-refractivity contribution in [2.75, 3.05) is 13.2 Å². The topological polar surface area (TPSA) is 183 Å². The zero-order valence-electron chi connectivity index (χ0n) is 29.4. The Bertz CT molecular complexity index is 2360. The summed E-state index contributed by atoms with van der Waals surface area (Å²) in [6.45, 7) is -6.55. The highest BCUT2D eigenvalue weighted by atomic mass is 79.9. The van der Waals surface area contributed by atoms with Gasteiger partial charge >= 0.3 is 13.2 Å². The van der Waals surface area contributed by atoms with Gasteiger partial charge in [-0.05, 0) is 81.1 Å². The standard InChI is InChI=1S/2C18H14BrClF2N4O3/c2*19-13-6-26-15(5-24-13)25-16-12(28-7-14(23)27)4-10(17(16)26)9-3-8(20)1-2-11(9)29-18(21)22/h2*1-3,5-6,10,12,18H,4,7H2,(H2,23,27)/t2*10-,12-/m10/s1. The lowest BCUT2D eigenvalue weighted by Gasteiger charge is -2.18. The summed E-state index contributed by atoms with van der Waals surface area (Å²) in [4.78, 5) is 39.8. The van der Waals surface area contributed by atoms with Crippen LogP contribution in [0.1, 0.15) is 70.8 Å². The Morgan fingerprint density at radius 2 is 1.12 bits per heavy atom. The van der Waals surface area contributed by atoms with Gasteiger partial charge in [0.15, 0.2) is 11.3 Å². The molecule has 2 amide bonds. The second-order valence-electron chi connectivity index (χ2n) is 12.9. The van der Waals surface area contributed by atoms with Gasteiger partial charge in [0.1, 0.15) is 46.1 Å². The molecule has 6 aromatic rings. The molecule has 4 heterocycles. The number of benzene rings is 2. The van der Waals surface area contributed by atoms with Crippen LogP contribution in [0.2, 0.25) is 10.0 Å². The predicted octanol–water partition coefficient (Wildman–Crippen LogP) is 7.65. The molecule has 14 nitrogen and oxygen atoms in total. The summed E-state index contributed by atoms with van der Waals surface area (Å²) in [6, 6.07) is 8.94. The Morgan fingerprint density at radius 3 is 1.48 bits per heavy atom. The Hall–Kier alpha value is -4.60. The number of ether oxygens (including phenoxy) is 4. The number of hydrogen-bond acceptors (Lipinski definition) is 10. The van der Waals surface area contributed by atoms with Crippen molar-refractivity contribution < 1.29 is 46.1 Å². The van der Waals surface area contributed by atoms with Crippen molar-refractivity contribution in [3.05, 3.63) is 114 Å². The highest BCUT2D eigenvalue weighted by Crippen LogP contribution is 2.50. The van der Waals surface area contributed by atoms with E-state index in [2.05, 4.69) is 51.8 Å². The number of alkyl halides is 4. The van der Waals surface area contributed by atoms with Gasteiger partial charge in [0.2, 0.25) is 11.8 Å². The lowest BCUT2D eigenvalue weighted by molar-refractivity contribution is -0.125. The van der Waals surface area contributed by atoms with E-state index in [4.69, 9.17) is 53.6 Å². The summed E-state index contributed by atoms with van der Waals surface area (Å²) in [5.74, 6) is -2.04. The first-order chi connectivity index (χ1) is 27.7. The molecule has 0 saturated carbocycles. The smallest absolute Gasteiger partial charge is 0.387 e. The van der Waals surface area contributed by atoms with E-state index in [1.54, 1.807) is 45.7 Å². The van der Waals surface area contributed by atoms with E-state index in [0.717, 1.165) is 11.4 Å². The maximum absolute atomic E-state index is 13.0. The molecule has 0 radical (unpaired) electrons. The Balaban J connectivity index is 0.000000177. The number of nitrogens with two attached hydrogens (primary N) is 2. The van der Waals surface area contributed by atoms with E-state index in [1.807, 2.05) is 0 Å². The first kappa shape index (κ1) is 41.6. The van der Waals surface area contributed by atoms with Crippen LogP contribution in [-0.4, -0.2) is 67.0 Å². The average molecular weight is 975 g/mol. The largest absolute Gasteiger partial charge is 0.435 e. The number of fused-ring (bicyclic) bond motifs is 6. The van der Waals surface area contributed by atoms with Crippen LogP contribution < -0.4 is 20.9 Å². The second kappa shape index (κ2) is 17.3. The molecule has 2 aliphatic carbocycles. The lowest BCUT2D eigenvalue weighted by Crippen LogP contribution is -2.19. The van der Waals surface area contributed by atoms with Gasteiger partial charge in [-0.2, -0.15) is 17.6 Å². The number of carbonyl (C=O) groups excluding carboxylic acids is 2. The van der Waals surface area contributed by atoms with Crippen molar-refractivity contribution in [3.8, 4) is 11.5 Å². The van der Waals surface area contributed by atoms with Gasteiger partial charge in [-0.1, -0.05) is 23.2 Å². The second-order valence-corrected chi connectivity index (χ2v) is 15.4. The van der Waals surface area contributed by atoms with Crippen LogP contribution in [0.15, 0.2) is 70.4 Å². The van der Waals surface area contributed by atoms with Crippen LogP contribution in [-0.2, 0) is 19.1 Å². The molecule has 4 N–H and O–H groups in total. The van der Waals surface area contributed by atoms with Gasteiger partial charge < -0.3 is 30.4 Å². The zero-order valence-corrected chi connectivity index (χ0v) is 34.1.